The van der Waals surface area contributed by atoms with E-state index in [1.807, 2.05) is 27.7 Å². The van der Waals surface area contributed by atoms with Crippen molar-refractivity contribution in [2.45, 2.75) is 96.0 Å². The van der Waals surface area contributed by atoms with Crippen LogP contribution in [-0.2, 0) is 23.8 Å². The Morgan fingerprint density at radius 2 is 1.37 bits per heavy atom. The topological polar surface area (TPSA) is 61.8 Å². The van der Waals surface area contributed by atoms with Crippen LogP contribution in [-0.4, -0.2) is 40.9 Å². The van der Waals surface area contributed by atoms with Gasteiger partial charge in [-0.3, -0.25) is 4.18 Å². The Balaban J connectivity index is 2.40. The zero-order valence-electron chi connectivity index (χ0n) is 19.6. The van der Waals surface area contributed by atoms with Crippen molar-refractivity contribution in [3.8, 4) is 0 Å². The van der Waals surface area contributed by atoms with E-state index < -0.39 is 10.1 Å². The minimum atomic E-state index is -3.90. The first kappa shape index (κ1) is 25.3. The number of ether oxygens (including phenoxy) is 2. The van der Waals surface area contributed by atoms with Crippen molar-refractivity contribution in [1.82, 2.24) is 0 Å². The fourth-order valence-electron chi connectivity index (χ4n) is 3.76. The second-order valence-corrected chi connectivity index (χ2v) is 10.7. The molecule has 1 aliphatic heterocycles. The molecule has 1 fully saturated rings. The van der Waals surface area contributed by atoms with E-state index >= 15 is 0 Å². The molecule has 5 nitrogen and oxygen atoms in total. The summed E-state index contributed by atoms with van der Waals surface area (Å²) in [7, 11) is -3.90. The second kappa shape index (κ2) is 11.6. The third-order valence-corrected chi connectivity index (χ3v) is 7.11. The van der Waals surface area contributed by atoms with E-state index in [1.54, 1.807) is 0 Å². The summed E-state index contributed by atoms with van der Waals surface area (Å²) in [4.78, 5) is 0.371. The highest BCUT2D eigenvalue weighted by Crippen LogP contribution is 2.36. The molecule has 0 aromatic heterocycles. The van der Waals surface area contributed by atoms with Crippen LogP contribution < -0.4 is 0 Å². The highest BCUT2D eigenvalue weighted by molar-refractivity contribution is 7.86. The fourth-order valence-corrected chi connectivity index (χ4v) is 5.57. The van der Waals surface area contributed by atoms with Gasteiger partial charge in [0, 0.05) is 13.2 Å². The molecular formula is C24H40O5S. The minimum absolute atomic E-state index is 0.0858. The van der Waals surface area contributed by atoms with Crippen molar-refractivity contribution < 1.29 is 22.1 Å². The molecule has 0 bridgehead atoms. The molecule has 2 rings (SSSR count). The molecule has 6 heteroatoms. The lowest BCUT2D eigenvalue weighted by molar-refractivity contribution is 0.0415. The lowest BCUT2D eigenvalue weighted by atomic mass is 9.89. The third-order valence-electron chi connectivity index (χ3n) is 5.61. The summed E-state index contributed by atoms with van der Waals surface area (Å²) >= 11 is 0. The first-order chi connectivity index (χ1) is 14.1. The number of benzene rings is 1. The summed E-state index contributed by atoms with van der Waals surface area (Å²) in [6.45, 7) is 14.7. The Morgan fingerprint density at radius 1 is 0.800 bits per heavy atom. The molecule has 1 atom stereocenters. The average Bonchev–Trinajstić information content (AvgIpc) is 2.72. The molecule has 30 heavy (non-hydrogen) atoms. The Hall–Kier alpha value is -0.950. The SMILES string of the molecule is CC(C)c1cc(C(C)C)c(S(=O)(=O)OC2CCCCOCCOCC2)c(C(C)C)c1. The smallest absolute Gasteiger partial charge is 0.297 e. The van der Waals surface area contributed by atoms with Crippen molar-refractivity contribution in [3.63, 3.8) is 0 Å². The molecule has 1 unspecified atom stereocenters. The van der Waals surface area contributed by atoms with Crippen LogP contribution in [0.15, 0.2) is 17.0 Å². The van der Waals surface area contributed by atoms with E-state index in [2.05, 4.69) is 26.0 Å². The van der Waals surface area contributed by atoms with Crippen LogP contribution in [0.4, 0.5) is 0 Å². The number of hydrogen-bond donors (Lipinski definition) is 0. The van der Waals surface area contributed by atoms with Gasteiger partial charge in [-0.25, -0.2) is 0 Å². The van der Waals surface area contributed by atoms with Gasteiger partial charge in [-0.15, -0.1) is 0 Å². The predicted octanol–water partition coefficient (Wildman–Crippen LogP) is 5.74. The molecule has 1 aliphatic rings. The normalized spacial score (nSPS) is 20.0. The maximum absolute atomic E-state index is 13.6. The molecule has 1 aromatic carbocycles. The van der Waals surface area contributed by atoms with Crippen LogP contribution in [0, 0.1) is 0 Å². The quantitative estimate of drug-likeness (QED) is 0.528. The van der Waals surface area contributed by atoms with E-state index in [-0.39, 0.29) is 17.9 Å². The summed E-state index contributed by atoms with van der Waals surface area (Å²) in [6, 6.07) is 4.10. The van der Waals surface area contributed by atoms with Gasteiger partial charge in [-0.1, -0.05) is 53.7 Å². The number of rotatable bonds is 6. The highest BCUT2D eigenvalue weighted by atomic mass is 32.2. The minimum Gasteiger partial charge on any atom is -0.379 e. The average molecular weight is 441 g/mol. The van der Waals surface area contributed by atoms with Gasteiger partial charge in [-0.2, -0.15) is 8.42 Å². The van der Waals surface area contributed by atoms with Gasteiger partial charge in [-0.05, 0) is 60.1 Å². The van der Waals surface area contributed by atoms with Crippen molar-refractivity contribution >= 4 is 10.1 Å². The summed E-state index contributed by atoms with van der Waals surface area (Å²) in [5.74, 6) is 0.504. The standard InChI is InChI=1S/C24H40O5S/c1-17(2)20-15-22(18(3)4)24(23(16-20)19(5)6)30(25,26)29-21-9-7-8-11-27-13-14-28-12-10-21/h15-19,21H,7-14H2,1-6H3. The lowest BCUT2D eigenvalue weighted by Crippen LogP contribution is -2.23. The van der Waals surface area contributed by atoms with E-state index in [9.17, 15) is 8.42 Å². The molecular weight excluding hydrogens is 400 g/mol. The van der Waals surface area contributed by atoms with Crippen LogP contribution in [0.1, 0.15) is 102 Å². The molecule has 1 aromatic rings. The van der Waals surface area contributed by atoms with Crippen LogP contribution >= 0.6 is 0 Å². The third kappa shape index (κ3) is 7.04. The highest BCUT2D eigenvalue weighted by Gasteiger charge is 2.30. The summed E-state index contributed by atoms with van der Waals surface area (Å²) < 4.78 is 44.1. The summed E-state index contributed by atoms with van der Waals surface area (Å²) in [5.41, 5.74) is 2.88. The molecule has 0 radical (unpaired) electrons. The predicted molar refractivity (Wildman–Crippen MR) is 121 cm³/mol. The lowest BCUT2D eigenvalue weighted by Gasteiger charge is -2.24. The number of hydrogen-bond acceptors (Lipinski definition) is 5. The van der Waals surface area contributed by atoms with Crippen LogP contribution in [0.2, 0.25) is 0 Å². The Morgan fingerprint density at radius 3 is 1.90 bits per heavy atom. The first-order valence-corrected chi connectivity index (χ1v) is 12.8. The van der Waals surface area contributed by atoms with E-state index in [0.717, 1.165) is 24.0 Å². The Kier molecular flexibility index (Phi) is 9.79. The molecule has 0 amide bonds. The van der Waals surface area contributed by atoms with Crippen LogP contribution in [0.5, 0.6) is 0 Å². The molecule has 172 valence electrons. The molecule has 0 spiro atoms. The molecule has 0 saturated carbocycles. The van der Waals surface area contributed by atoms with Crippen LogP contribution in [0.3, 0.4) is 0 Å². The van der Waals surface area contributed by atoms with Crippen molar-refractivity contribution in [3.05, 3.63) is 28.8 Å². The monoisotopic (exact) mass is 440 g/mol. The van der Waals surface area contributed by atoms with Crippen molar-refractivity contribution in [2.24, 2.45) is 0 Å². The van der Waals surface area contributed by atoms with Gasteiger partial charge >= 0.3 is 0 Å². The summed E-state index contributed by atoms with van der Waals surface area (Å²) in [5, 5.41) is 0. The van der Waals surface area contributed by atoms with E-state index in [4.69, 9.17) is 13.7 Å². The van der Waals surface area contributed by atoms with Crippen molar-refractivity contribution in [2.75, 3.05) is 26.4 Å². The molecule has 1 saturated heterocycles. The zero-order valence-corrected chi connectivity index (χ0v) is 20.4. The first-order valence-electron chi connectivity index (χ1n) is 11.4. The van der Waals surface area contributed by atoms with Gasteiger partial charge in [0.2, 0.25) is 0 Å². The largest absolute Gasteiger partial charge is 0.379 e. The fraction of sp³-hybridized carbons (Fsp3) is 0.750. The van der Waals surface area contributed by atoms with Gasteiger partial charge in [0.05, 0.1) is 19.3 Å². The molecule has 1 heterocycles. The maximum atomic E-state index is 13.6. The maximum Gasteiger partial charge on any atom is 0.297 e. The van der Waals surface area contributed by atoms with E-state index in [0.29, 0.717) is 50.1 Å². The van der Waals surface area contributed by atoms with Crippen molar-refractivity contribution in [1.29, 1.82) is 0 Å². The van der Waals surface area contributed by atoms with E-state index in [1.165, 1.54) is 5.56 Å². The van der Waals surface area contributed by atoms with Gasteiger partial charge in [0.15, 0.2) is 0 Å². The summed E-state index contributed by atoms with van der Waals surface area (Å²) in [6.07, 6.45) is 2.65. The van der Waals surface area contributed by atoms with Gasteiger partial charge in [0.1, 0.15) is 4.90 Å². The molecule has 0 N–H and O–H groups in total. The van der Waals surface area contributed by atoms with Crippen LogP contribution in [0.25, 0.3) is 0 Å². The molecule has 0 aliphatic carbocycles. The second-order valence-electron chi connectivity index (χ2n) is 9.17. The Bertz CT molecular complexity index is 727. The zero-order chi connectivity index (χ0) is 22.3. The van der Waals surface area contributed by atoms with Gasteiger partial charge < -0.3 is 9.47 Å². The van der Waals surface area contributed by atoms with Gasteiger partial charge in [0.25, 0.3) is 10.1 Å². The Labute approximate surface area is 183 Å².